The summed E-state index contributed by atoms with van der Waals surface area (Å²) in [7, 11) is 0. The zero-order valence-corrected chi connectivity index (χ0v) is 18.3. The molecule has 0 bridgehead atoms. The van der Waals surface area contributed by atoms with Gasteiger partial charge in [-0.15, -0.1) is 0 Å². The van der Waals surface area contributed by atoms with Crippen molar-refractivity contribution in [2.24, 2.45) is 5.92 Å². The number of nitrogens with zero attached hydrogens (tertiary/aromatic N) is 1. The summed E-state index contributed by atoms with van der Waals surface area (Å²) in [6.45, 7) is 5.84. The van der Waals surface area contributed by atoms with E-state index < -0.39 is 0 Å². The van der Waals surface area contributed by atoms with E-state index in [2.05, 4.69) is 5.32 Å². The molecular weight excluding hydrogens is 400 g/mol. The number of piperidine rings is 1. The van der Waals surface area contributed by atoms with Gasteiger partial charge >= 0.3 is 0 Å². The number of rotatable bonds is 7. The maximum atomic E-state index is 12.6. The lowest BCUT2D eigenvalue weighted by Gasteiger charge is -2.32. The van der Waals surface area contributed by atoms with Crippen LogP contribution in [0.1, 0.15) is 42.6 Å². The molecular formula is C24H29ClN2O3. The van der Waals surface area contributed by atoms with Gasteiger partial charge in [0.15, 0.2) is 0 Å². The number of likely N-dealkylation sites (tertiary alicyclic amines) is 1. The number of carbonyl (C=O) groups is 2. The van der Waals surface area contributed by atoms with E-state index in [1.54, 1.807) is 6.07 Å². The van der Waals surface area contributed by atoms with E-state index in [-0.39, 0.29) is 17.9 Å². The number of hydrogen-bond donors (Lipinski definition) is 1. The summed E-state index contributed by atoms with van der Waals surface area (Å²) in [6, 6.07) is 14.9. The monoisotopic (exact) mass is 428 g/mol. The first-order valence-electron chi connectivity index (χ1n) is 10.5. The lowest BCUT2D eigenvalue weighted by molar-refractivity contribution is -0.132. The molecule has 1 heterocycles. The van der Waals surface area contributed by atoms with Crippen molar-refractivity contribution in [1.29, 1.82) is 0 Å². The summed E-state index contributed by atoms with van der Waals surface area (Å²) in [4.78, 5) is 26.9. The third-order valence-corrected chi connectivity index (χ3v) is 5.66. The molecule has 1 aliphatic heterocycles. The van der Waals surface area contributed by atoms with Crippen LogP contribution in [0.15, 0.2) is 48.5 Å². The Hall–Kier alpha value is -2.53. The van der Waals surface area contributed by atoms with Gasteiger partial charge in [-0.3, -0.25) is 9.59 Å². The number of para-hydroxylation sites is 1. The number of amides is 2. The van der Waals surface area contributed by atoms with Crippen LogP contribution in [0, 0.1) is 5.92 Å². The Morgan fingerprint density at radius 1 is 1.10 bits per heavy atom. The van der Waals surface area contributed by atoms with Gasteiger partial charge in [0.2, 0.25) is 5.91 Å². The molecule has 2 aromatic carbocycles. The first kappa shape index (κ1) is 22.2. The van der Waals surface area contributed by atoms with Crippen LogP contribution >= 0.6 is 11.6 Å². The summed E-state index contributed by atoms with van der Waals surface area (Å²) in [5.41, 5.74) is 1.42. The second-order valence-corrected chi connectivity index (χ2v) is 8.43. The molecule has 1 aliphatic rings. The highest BCUT2D eigenvalue weighted by Gasteiger charge is 2.24. The maximum Gasteiger partial charge on any atom is 0.255 e. The molecule has 0 unspecified atom stereocenters. The SMILES string of the molecule is CC(C)NC(=O)c1ccccc1OCC1CCN(C(=O)Cc2ccccc2Cl)CC1. The quantitative estimate of drug-likeness (QED) is 0.713. The van der Waals surface area contributed by atoms with Gasteiger partial charge in [-0.1, -0.05) is 41.9 Å². The Bertz CT molecular complexity index is 876. The van der Waals surface area contributed by atoms with Crippen molar-refractivity contribution in [2.45, 2.75) is 39.2 Å². The summed E-state index contributed by atoms with van der Waals surface area (Å²) >= 11 is 6.18. The van der Waals surface area contributed by atoms with Gasteiger partial charge in [-0.05, 0) is 56.4 Å². The Morgan fingerprint density at radius 3 is 2.47 bits per heavy atom. The highest BCUT2D eigenvalue weighted by molar-refractivity contribution is 6.31. The Balaban J connectivity index is 1.49. The van der Waals surface area contributed by atoms with E-state index in [1.165, 1.54) is 0 Å². The largest absolute Gasteiger partial charge is 0.492 e. The lowest BCUT2D eigenvalue weighted by atomic mass is 9.97. The molecule has 6 heteroatoms. The molecule has 5 nitrogen and oxygen atoms in total. The molecule has 2 aromatic rings. The predicted molar refractivity (Wildman–Crippen MR) is 119 cm³/mol. The highest BCUT2D eigenvalue weighted by atomic mass is 35.5. The van der Waals surface area contributed by atoms with Crippen LogP contribution in [-0.4, -0.2) is 42.5 Å². The first-order chi connectivity index (χ1) is 14.4. The first-order valence-corrected chi connectivity index (χ1v) is 10.9. The minimum Gasteiger partial charge on any atom is -0.492 e. The summed E-state index contributed by atoms with van der Waals surface area (Å²) in [6.07, 6.45) is 2.10. The van der Waals surface area contributed by atoms with Crippen LogP contribution < -0.4 is 10.1 Å². The van der Waals surface area contributed by atoms with Crippen molar-refractivity contribution >= 4 is 23.4 Å². The number of ether oxygens (including phenoxy) is 1. The minimum atomic E-state index is -0.124. The fourth-order valence-electron chi connectivity index (χ4n) is 3.59. The lowest BCUT2D eigenvalue weighted by Crippen LogP contribution is -2.40. The van der Waals surface area contributed by atoms with Gasteiger partial charge in [-0.2, -0.15) is 0 Å². The van der Waals surface area contributed by atoms with Gasteiger partial charge in [0, 0.05) is 24.2 Å². The molecule has 0 spiro atoms. The molecule has 1 N–H and O–H groups in total. The Morgan fingerprint density at radius 2 is 1.77 bits per heavy atom. The molecule has 1 saturated heterocycles. The number of carbonyl (C=O) groups excluding carboxylic acids is 2. The highest BCUT2D eigenvalue weighted by Crippen LogP contribution is 2.23. The van der Waals surface area contributed by atoms with E-state index in [0.717, 1.165) is 18.4 Å². The van der Waals surface area contributed by atoms with Crippen LogP contribution in [0.5, 0.6) is 5.75 Å². The van der Waals surface area contributed by atoms with Crippen LogP contribution in [0.25, 0.3) is 0 Å². The van der Waals surface area contributed by atoms with Crippen molar-refractivity contribution in [3.63, 3.8) is 0 Å². The topological polar surface area (TPSA) is 58.6 Å². The summed E-state index contributed by atoms with van der Waals surface area (Å²) in [5, 5.41) is 3.54. The van der Waals surface area contributed by atoms with E-state index in [9.17, 15) is 9.59 Å². The Labute approximate surface area is 183 Å². The van der Waals surface area contributed by atoms with Crippen molar-refractivity contribution in [1.82, 2.24) is 10.2 Å². The molecule has 1 fully saturated rings. The van der Waals surface area contributed by atoms with Crippen LogP contribution in [0.2, 0.25) is 5.02 Å². The summed E-state index contributed by atoms with van der Waals surface area (Å²) < 4.78 is 6.00. The predicted octanol–water partition coefficient (Wildman–Crippen LogP) is 4.34. The zero-order valence-electron chi connectivity index (χ0n) is 17.6. The summed E-state index contributed by atoms with van der Waals surface area (Å²) in [5.74, 6) is 0.946. The molecule has 160 valence electrons. The average molecular weight is 429 g/mol. The fourth-order valence-corrected chi connectivity index (χ4v) is 3.80. The molecule has 3 rings (SSSR count). The molecule has 0 radical (unpaired) electrons. The van der Waals surface area contributed by atoms with Crippen molar-refractivity contribution in [3.8, 4) is 5.75 Å². The number of benzene rings is 2. The van der Waals surface area contributed by atoms with Crippen LogP contribution in [0.3, 0.4) is 0 Å². The normalized spacial score (nSPS) is 14.6. The van der Waals surface area contributed by atoms with E-state index >= 15 is 0 Å². The van der Waals surface area contributed by atoms with Gasteiger partial charge in [0.25, 0.3) is 5.91 Å². The third kappa shape index (κ3) is 5.99. The number of halogens is 1. The molecule has 0 atom stereocenters. The van der Waals surface area contributed by atoms with Gasteiger partial charge < -0.3 is 15.0 Å². The van der Waals surface area contributed by atoms with Gasteiger partial charge in [0.1, 0.15) is 5.75 Å². The standard InChI is InChI=1S/C24H29ClN2O3/c1-17(2)26-24(29)20-8-4-6-10-22(20)30-16-18-11-13-27(14-12-18)23(28)15-19-7-3-5-9-21(19)25/h3-10,17-18H,11-16H2,1-2H3,(H,26,29). The second kappa shape index (κ2) is 10.5. The van der Waals surface area contributed by atoms with E-state index in [0.29, 0.717) is 48.4 Å². The van der Waals surface area contributed by atoms with E-state index in [4.69, 9.17) is 16.3 Å². The smallest absolute Gasteiger partial charge is 0.255 e. The Kier molecular flexibility index (Phi) is 7.75. The minimum absolute atomic E-state index is 0.0678. The van der Waals surface area contributed by atoms with Gasteiger partial charge in [0.05, 0.1) is 18.6 Å². The van der Waals surface area contributed by atoms with Crippen molar-refractivity contribution < 1.29 is 14.3 Å². The van der Waals surface area contributed by atoms with Crippen LogP contribution in [0.4, 0.5) is 0 Å². The van der Waals surface area contributed by atoms with E-state index in [1.807, 2.05) is 61.2 Å². The maximum absolute atomic E-state index is 12.6. The second-order valence-electron chi connectivity index (χ2n) is 8.03. The molecule has 2 amide bonds. The molecule has 30 heavy (non-hydrogen) atoms. The van der Waals surface area contributed by atoms with Crippen molar-refractivity contribution in [2.75, 3.05) is 19.7 Å². The van der Waals surface area contributed by atoms with Gasteiger partial charge in [-0.25, -0.2) is 0 Å². The van der Waals surface area contributed by atoms with Crippen molar-refractivity contribution in [3.05, 3.63) is 64.7 Å². The van der Waals surface area contributed by atoms with Crippen LogP contribution in [-0.2, 0) is 11.2 Å². The fraction of sp³-hybridized carbons (Fsp3) is 0.417. The third-order valence-electron chi connectivity index (χ3n) is 5.29. The number of nitrogens with one attached hydrogen (secondary N) is 1. The molecule has 0 aromatic heterocycles. The molecule has 0 aliphatic carbocycles. The average Bonchev–Trinajstić information content (AvgIpc) is 2.74. The zero-order chi connectivity index (χ0) is 21.5. The molecule has 0 saturated carbocycles. The number of hydrogen-bond acceptors (Lipinski definition) is 3.